The van der Waals surface area contributed by atoms with Crippen LogP contribution >= 0.6 is 11.6 Å². The molecular weight excluding hydrogens is 286 g/mol. The second-order valence-electron chi connectivity index (χ2n) is 5.19. The zero-order chi connectivity index (χ0) is 15.4. The van der Waals surface area contributed by atoms with Gasteiger partial charge in [-0.25, -0.2) is 9.97 Å². The number of rotatable bonds is 4. The van der Waals surface area contributed by atoms with Crippen molar-refractivity contribution in [3.63, 3.8) is 0 Å². The van der Waals surface area contributed by atoms with E-state index < -0.39 is 0 Å². The summed E-state index contributed by atoms with van der Waals surface area (Å²) < 4.78 is 0. The van der Waals surface area contributed by atoms with Gasteiger partial charge in [-0.15, -0.1) is 0 Å². The summed E-state index contributed by atoms with van der Waals surface area (Å²) in [5.41, 5.74) is 2.20. The molecule has 21 heavy (non-hydrogen) atoms. The van der Waals surface area contributed by atoms with E-state index in [-0.39, 0.29) is 11.8 Å². The Balaban J connectivity index is 2.05. The summed E-state index contributed by atoms with van der Waals surface area (Å²) in [6, 6.07) is 7.37. The van der Waals surface area contributed by atoms with Crippen LogP contribution in [-0.4, -0.2) is 15.9 Å². The number of halogens is 1. The number of hydrogen-bond acceptors (Lipinski definition) is 3. The predicted octanol–water partition coefficient (Wildman–Crippen LogP) is 3.49. The van der Waals surface area contributed by atoms with Crippen molar-refractivity contribution in [2.24, 2.45) is 0 Å². The molecule has 0 spiro atoms. The Kier molecular flexibility index (Phi) is 4.91. The van der Waals surface area contributed by atoms with E-state index in [1.165, 1.54) is 0 Å². The molecule has 0 saturated heterocycles. The van der Waals surface area contributed by atoms with E-state index in [2.05, 4.69) is 15.3 Å². The van der Waals surface area contributed by atoms with Crippen molar-refractivity contribution < 1.29 is 4.79 Å². The summed E-state index contributed by atoms with van der Waals surface area (Å²) in [5, 5.41) is 3.54. The molecule has 0 saturated carbocycles. The van der Waals surface area contributed by atoms with Gasteiger partial charge in [0.1, 0.15) is 5.82 Å². The molecule has 110 valence electrons. The van der Waals surface area contributed by atoms with Crippen LogP contribution in [-0.2, 0) is 6.54 Å². The molecule has 1 heterocycles. The van der Waals surface area contributed by atoms with Crippen molar-refractivity contribution in [2.75, 3.05) is 0 Å². The first kappa shape index (κ1) is 15.4. The van der Waals surface area contributed by atoms with Crippen molar-refractivity contribution in [1.29, 1.82) is 0 Å². The minimum Gasteiger partial charge on any atom is -0.348 e. The first-order valence-electron chi connectivity index (χ1n) is 6.83. The van der Waals surface area contributed by atoms with Gasteiger partial charge in [0.2, 0.25) is 0 Å². The summed E-state index contributed by atoms with van der Waals surface area (Å²) in [6.07, 6.45) is 1.59. The van der Waals surface area contributed by atoms with Crippen LogP contribution in [0.1, 0.15) is 47.2 Å². The van der Waals surface area contributed by atoms with Crippen LogP contribution in [0.4, 0.5) is 0 Å². The number of carbonyl (C=O) groups is 1. The molecule has 0 aliphatic heterocycles. The quantitative estimate of drug-likeness (QED) is 0.940. The average molecular weight is 304 g/mol. The molecule has 5 heteroatoms. The molecule has 1 amide bonds. The molecule has 0 fully saturated rings. The molecule has 2 rings (SSSR count). The van der Waals surface area contributed by atoms with Gasteiger partial charge in [0.05, 0.1) is 11.3 Å². The molecule has 0 aliphatic rings. The monoisotopic (exact) mass is 303 g/mol. The largest absolute Gasteiger partial charge is 0.348 e. The van der Waals surface area contributed by atoms with E-state index in [0.717, 1.165) is 11.4 Å². The van der Waals surface area contributed by atoms with Crippen molar-refractivity contribution in [1.82, 2.24) is 15.3 Å². The highest BCUT2D eigenvalue weighted by molar-refractivity contribution is 6.30. The fraction of sp³-hybridized carbons (Fsp3) is 0.312. The van der Waals surface area contributed by atoms with Gasteiger partial charge in [-0.1, -0.05) is 37.6 Å². The molecule has 1 aromatic carbocycles. The Hall–Kier alpha value is -1.94. The maximum atomic E-state index is 12.2. The normalized spacial score (nSPS) is 10.7. The Morgan fingerprint density at radius 1 is 1.29 bits per heavy atom. The Bertz CT molecular complexity index is 638. The van der Waals surface area contributed by atoms with Gasteiger partial charge in [-0.05, 0) is 24.6 Å². The Morgan fingerprint density at radius 2 is 1.95 bits per heavy atom. The summed E-state index contributed by atoms with van der Waals surface area (Å²) in [6.45, 7) is 6.32. The second kappa shape index (κ2) is 6.68. The highest BCUT2D eigenvalue weighted by atomic mass is 35.5. The summed E-state index contributed by atoms with van der Waals surface area (Å²) >= 11 is 5.83. The number of amides is 1. The van der Waals surface area contributed by atoms with Crippen LogP contribution in [0.5, 0.6) is 0 Å². The van der Waals surface area contributed by atoms with Gasteiger partial charge in [-0.3, -0.25) is 4.79 Å². The maximum Gasteiger partial charge on any atom is 0.254 e. The van der Waals surface area contributed by atoms with E-state index in [1.54, 1.807) is 18.3 Å². The van der Waals surface area contributed by atoms with Crippen molar-refractivity contribution in [2.45, 2.75) is 33.2 Å². The molecule has 1 N–H and O–H groups in total. The SMILES string of the molecule is Cc1nc(C(C)C)ncc1C(=O)NCc1ccc(Cl)cc1. The number of carbonyl (C=O) groups excluding carboxylic acids is 1. The van der Waals surface area contributed by atoms with Gasteiger partial charge < -0.3 is 5.32 Å². The van der Waals surface area contributed by atoms with Crippen LogP contribution < -0.4 is 5.32 Å². The summed E-state index contributed by atoms with van der Waals surface area (Å²) in [4.78, 5) is 20.8. The van der Waals surface area contributed by atoms with Crippen molar-refractivity contribution in [3.8, 4) is 0 Å². The molecule has 2 aromatic rings. The number of hydrogen-bond donors (Lipinski definition) is 1. The van der Waals surface area contributed by atoms with Crippen LogP contribution in [0.2, 0.25) is 5.02 Å². The van der Waals surface area contributed by atoms with Crippen LogP contribution in [0.25, 0.3) is 0 Å². The van der Waals surface area contributed by atoms with Gasteiger partial charge in [0, 0.05) is 23.7 Å². The van der Waals surface area contributed by atoms with E-state index in [4.69, 9.17) is 11.6 Å². The zero-order valence-corrected chi connectivity index (χ0v) is 13.1. The lowest BCUT2D eigenvalue weighted by molar-refractivity contribution is 0.0949. The van der Waals surface area contributed by atoms with Gasteiger partial charge in [-0.2, -0.15) is 0 Å². The summed E-state index contributed by atoms with van der Waals surface area (Å²) in [7, 11) is 0. The van der Waals surface area contributed by atoms with E-state index >= 15 is 0 Å². The lowest BCUT2D eigenvalue weighted by atomic mass is 10.1. The van der Waals surface area contributed by atoms with Crippen LogP contribution in [0.15, 0.2) is 30.5 Å². The highest BCUT2D eigenvalue weighted by Gasteiger charge is 2.12. The van der Waals surface area contributed by atoms with Crippen LogP contribution in [0, 0.1) is 6.92 Å². The number of aryl methyl sites for hydroxylation is 1. The Labute approximate surface area is 129 Å². The van der Waals surface area contributed by atoms with Gasteiger partial charge in [0.25, 0.3) is 5.91 Å². The first-order chi connectivity index (χ1) is 9.97. The fourth-order valence-electron chi connectivity index (χ4n) is 1.87. The minimum absolute atomic E-state index is 0.169. The molecular formula is C16H18ClN3O. The van der Waals surface area contributed by atoms with Gasteiger partial charge >= 0.3 is 0 Å². The number of aromatic nitrogens is 2. The molecule has 0 unspecified atom stereocenters. The van der Waals surface area contributed by atoms with Gasteiger partial charge in [0.15, 0.2) is 0 Å². The molecule has 4 nitrogen and oxygen atoms in total. The number of nitrogens with zero attached hydrogens (tertiary/aromatic N) is 2. The molecule has 1 aromatic heterocycles. The lowest BCUT2D eigenvalue weighted by Crippen LogP contribution is -2.24. The summed E-state index contributed by atoms with van der Waals surface area (Å²) in [5.74, 6) is 0.828. The molecule has 0 bridgehead atoms. The molecule has 0 atom stereocenters. The van der Waals surface area contributed by atoms with Crippen molar-refractivity contribution in [3.05, 3.63) is 58.1 Å². The lowest BCUT2D eigenvalue weighted by Gasteiger charge is -2.09. The fourth-order valence-corrected chi connectivity index (χ4v) is 1.99. The Morgan fingerprint density at radius 3 is 2.52 bits per heavy atom. The maximum absolute atomic E-state index is 12.2. The van der Waals surface area contributed by atoms with Crippen LogP contribution in [0.3, 0.4) is 0 Å². The van der Waals surface area contributed by atoms with E-state index in [9.17, 15) is 4.79 Å². The standard InChI is InChI=1S/C16H18ClN3O/c1-10(2)15-18-9-14(11(3)20-15)16(21)19-8-12-4-6-13(17)7-5-12/h4-7,9-10H,8H2,1-3H3,(H,19,21). The minimum atomic E-state index is -0.169. The van der Waals surface area contributed by atoms with E-state index in [0.29, 0.717) is 22.8 Å². The third-order valence-corrected chi connectivity index (χ3v) is 3.38. The smallest absolute Gasteiger partial charge is 0.254 e. The first-order valence-corrected chi connectivity index (χ1v) is 7.21. The number of benzene rings is 1. The highest BCUT2D eigenvalue weighted by Crippen LogP contribution is 2.12. The molecule has 0 aliphatic carbocycles. The zero-order valence-electron chi connectivity index (χ0n) is 12.4. The van der Waals surface area contributed by atoms with Crippen molar-refractivity contribution >= 4 is 17.5 Å². The topological polar surface area (TPSA) is 54.9 Å². The van der Waals surface area contributed by atoms with E-state index in [1.807, 2.05) is 32.9 Å². The second-order valence-corrected chi connectivity index (χ2v) is 5.63. The third-order valence-electron chi connectivity index (χ3n) is 3.13. The molecule has 0 radical (unpaired) electrons. The third kappa shape index (κ3) is 4.02. The predicted molar refractivity (Wildman–Crippen MR) is 83.5 cm³/mol. The average Bonchev–Trinajstić information content (AvgIpc) is 2.46. The number of nitrogens with one attached hydrogen (secondary N) is 1.